The van der Waals surface area contributed by atoms with Gasteiger partial charge in [0.15, 0.2) is 0 Å². The van der Waals surface area contributed by atoms with E-state index in [0.717, 1.165) is 5.69 Å². The number of rotatable bonds is 8. The van der Waals surface area contributed by atoms with Crippen molar-refractivity contribution in [1.82, 2.24) is 0 Å². The molecule has 6 nitrogen and oxygen atoms in total. The summed E-state index contributed by atoms with van der Waals surface area (Å²) in [7, 11) is -3.53. The predicted octanol–water partition coefficient (Wildman–Crippen LogP) is 0.646. The SMILES string of the molecule is NS(=O)(=O)CCN(CCCC(=O)O)c1ccccc1. The lowest BCUT2D eigenvalue weighted by atomic mass is 10.2. The van der Waals surface area contributed by atoms with Crippen LogP contribution in [0.2, 0.25) is 0 Å². The maximum atomic E-state index is 11.0. The molecule has 1 aromatic carbocycles. The van der Waals surface area contributed by atoms with Crippen molar-refractivity contribution in [3.05, 3.63) is 30.3 Å². The fourth-order valence-electron chi connectivity index (χ4n) is 1.67. The Hall–Kier alpha value is -1.60. The molecule has 0 aliphatic heterocycles. The highest BCUT2D eigenvalue weighted by atomic mass is 32.2. The quantitative estimate of drug-likeness (QED) is 0.730. The fourth-order valence-corrected chi connectivity index (χ4v) is 2.14. The first kappa shape index (κ1) is 15.5. The Balaban J connectivity index is 2.65. The molecule has 0 fully saturated rings. The van der Waals surface area contributed by atoms with Crippen molar-refractivity contribution in [2.45, 2.75) is 12.8 Å². The number of hydrogen-bond donors (Lipinski definition) is 2. The maximum Gasteiger partial charge on any atom is 0.303 e. The molecule has 1 rings (SSSR count). The van der Waals surface area contributed by atoms with Crippen LogP contribution in [-0.4, -0.2) is 38.3 Å². The normalized spacial score (nSPS) is 11.2. The van der Waals surface area contributed by atoms with Crippen molar-refractivity contribution in [3.8, 4) is 0 Å². The molecular formula is C12H18N2O4S. The van der Waals surface area contributed by atoms with Gasteiger partial charge in [0, 0.05) is 25.2 Å². The smallest absolute Gasteiger partial charge is 0.303 e. The van der Waals surface area contributed by atoms with Crippen LogP contribution in [0.5, 0.6) is 0 Å². The van der Waals surface area contributed by atoms with Crippen LogP contribution < -0.4 is 10.0 Å². The monoisotopic (exact) mass is 286 g/mol. The van der Waals surface area contributed by atoms with Crippen LogP contribution >= 0.6 is 0 Å². The number of nitrogens with zero attached hydrogens (tertiary/aromatic N) is 1. The van der Waals surface area contributed by atoms with Gasteiger partial charge in [0.05, 0.1) is 5.75 Å². The molecule has 0 aliphatic carbocycles. The molecule has 0 heterocycles. The Morgan fingerprint density at radius 2 is 1.84 bits per heavy atom. The molecule has 3 N–H and O–H groups in total. The number of carbonyl (C=O) groups is 1. The molecule has 1 aromatic rings. The maximum absolute atomic E-state index is 11.0. The second-order valence-corrected chi connectivity index (χ2v) is 5.92. The Morgan fingerprint density at radius 1 is 1.21 bits per heavy atom. The van der Waals surface area contributed by atoms with E-state index in [1.165, 1.54) is 0 Å². The highest BCUT2D eigenvalue weighted by Crippen LogP contribution is 2.14. The summed E-state index contributed by atoms with van der Waals surface area (Å²) in [4.78, 5) is 12.3. The standard InChI is InChI=1S/C12H18N2O4S/c13-19(17,18)10-9-14(8-4-7-12(15)16)11-5-2-1-3-6-11/h1-3,5-6H,4,7-10H2,(H,15,16)(H2,13,17,18). The zero-order valence-corrected chi connectivity index (χ0v) is 11.3. The third kappa shape index (κ3) is 6.78. The number of aliphatic carboxylic acids is 1. The summed E-state index contributed by atoms with van der Waals surface area (Å²) < 4.78 is 22.0. The largest absolute Gasteiger partial charge is 0.481 e. The summed E-state index contributed by atoms with van der Waals surface area (Å²) in [6.45, 7) is 0.730. The van der Waals surface area contributed by atoms with Gasteiger partial charge in [-0.1, -0.05) is 18.2 Å². The van der Waals surface area contributed by atoms with Gasteiger partial charge < -0.3 is 10.0 Å². The van der Waals surface area contributed by atoms with Gasteiger partial charge in [-0.2, -0.15) is 0 Å². The third-order valence-electron chi connectivity index (χ3n) is 2.59. The number of carboxylic acids is 1. The number of benzene rings is 1. The number of hydrogen-bond acceptors (Lipinski definition) is 4. The van der Waals surface area contributed by atoms with Crippen LogP contribution in [-0.2, 0) is 14.8 Å². The first-order valence-electron chi connectivity index (χ1n) is 5.91. The Labute approximate surface area is 112 Å². The van der Waals surface area contributed by atoms with Crippen molar-refractivity contribution in [1.29, 1.82) is 0 Å². The first-order valence-corrected chi connectivity index (χ1v) is 7.62. The second kappa shape index (κ2) is 7.10. The van der Waals surface area contributed by atoms with Crippen LogP contribution in [0, 0.1) is 0 Å². The lowest BCUT2D eigenvalue weighted by molar-refractivity contribution is -0.137. The number of para-hydroxylation sites is 1. The molecule has 0 radical (unpaired) electrons. The minimum atomic E-state index is -3.53. The number of anilines is 1. The highest BCUT2D eigenvalue weighted by molar-refractivity contribution is 7.89. The Kier molecular flexibility index (Phi) is 5.78. The van der Waals surface area contributed by atoms with E-state index in [2.05, 4.69) is 0 Å². The van der Waals surface area contributed by atoms with E-state index in [1.807, 2.05) is 35.2 Å². The summed E-state index contributed by atoms with van der Waals surface area (Å²) in [5, 5.41) is 13.6. The van der Waals surface area contributed by atoms with E-state index >= 15 is 0 Å². The molecule has 19 heavy (non-hydrogen) atoms. The summed E-state index contributed by atoms with van der Waals surface area (Å²) in [5.74, 6) is -1.02. The first-order chi connectivity index (χ1) is 8.88. The van der Waals surface area contributed by atoms with Crippen molar-refractivity contribution in [3.63, 3.8) is 0 Å². The number of carboxylic acid groups (broad SMARTS) is 1. The fraction of sp³-hybridized carbons (Fsp3) is 0.417. The summed E-state index contributed by atoms with van der Waals surface area (Å²) in [6, 6.07) is 9.25. The molecule has 0 saturated heterocycles. The third-order valence-corrected chi connectivity index (χ3v) is 3.34. The highest BCUT2D eigenvalue weighted by Gasteiger charge is 2.11. The molecule has 0 unspecified atom stereocenters. The van der Waals surface area contributed by atoms with Gasteiger partial charge in [-0.05, 0) is 18.6 Å². The molecule has 0 saturated carbocycles. The average Bonchev–Trinajstić information content (AvgIpc) is 2.33. The van der Waals surface area contributed by atoms with Gasteiger partial charge in [0.1, 0.15) is 0 Å². The molecule has 106 valence electrons. The van der Waals surface area contributed by atoms with Gasteiger partial charge in [0.2, 0.25) is 10.0 Å². The van der Waals surface area contributed by atoms with Crippen molar-refractivity contribution in [2.75, 3.05) is 23.7 Å². The second-order valence-electron chi connectivity index (χ2n) is 4.19. The van der Waals surface area contributed by atoms with Crippen LogP contribution in [0.25, 0.3) is 0 Å². The molecule has 0 amide bonds. The summed E-state index contributed by atoms with van der Waals surface area (Å²) >= 11 is 0. The molecule has 0 spiro atoms. The van der Waals surface area contributed by atoms with Crippen molar-refractivity contribution >= 4 is 21.7 Å². The molecule has 0 bridgehead atoms. The Morgan fingerprint density at radius 3 is 2.37 bits per heavy atom. The van der Waals surface area contributed by atoms with Crippen LogP contribution in [0.4, 0.5) is 5.69 Å². The van der Waals surface area contributed by atoms with Gasteiger partial charge in [-0.3, -0.25) is 4.79 Å². The number of sulfonamides is 1. The van der Waals surface area contributed by atoms with Gasteiger partial charge in [-0.25, -0.2) is 13.6 Å². The molecular weight excluding hydrogens is 268 g/mol. The van der Waals surface area contributed by atoms with Crippen LogP contribution in [0.1, 0.15) is 12.8 Å². The number of nitrogens with two attached hydrogens (primary N) is 1. The lowest BCUT2D eigenvalue weighted by Crippen LogP contribution is -2.32. The summed E-state index contributed by atoms with van der Waals surface area (Å²) in [6.07, 6.45) is 0.507. The van der Waals surface area contributed by atoms with Crippen molar-refractivity contribution < 1.29 is 18.3 Å². The predicted molar refractivity (Wildman–Crippen MR) is 73.5 cm³/mol. The van der Waals surface area contributed by atoms with E-state index < -0.39 is 16.0 Å². The van der Waals surface area contributed by atoms with Gasteiger partial charge >= 0.3 is 5.97 Å². The minimum Gasteiger partial charge on any atom is -0.481 e. The van der Waals surface area contributed by atoms with Crippen LogP contribution in [0.3, 0.4) is 0 Å². The molecule has 7 heteroatoms. The van der Waals surface area contributed by atoms with Crippen LogP contribution in [0.15, 0.2) is 30.3 Å². The Bertz CT molecular complexity index is 502. The van der Waals surface area contributed by atoms with E-state index in [-0.39, 0.29) is 18.7 Å². The zero-order valence-electron chi connectivity index (χ0n) is 10.5. The minimum absolute atomic E-state index is 0.0543. The number of primary sulfonamides is 1. The van der Waals surface area contributed by atoms with E-state index in [1.54, 1.807) is 0 Å². The lowest BCUT2D eigenvalue weighted by Gasteiger charge is -2.24. The summed E-state index contributed by atoms with van der Waals surface area (Å²) in [5.41, 5.74) is 0.858. The molecule has 0 aliphatic rings. The topological polar surface area (TPSA) is 101 Å². The van der Waals surface area contributed by atoms with E-state index in [4.69, 9.17) is 10.2 Å². The van der Waals surface area contributed by atoms with Gasteiger partial charge in [-0.15, -0.1) is 0 Å². The zero-order chi connectivity index (χ0) is 14.3. The molecule has 0 atom stereocenters. The van der Waals surface area contributed by atoms with Crippen molar-refractivity contribution in [2.24, 2.45) is 5.14 Å². The average molecular weight is 286 g/mol. The van der Waals surface area contributed by atoms with Gasteiger partial charge in [0.25, 0.3) is 0 Å². The van der Waals surface area contributed by atoms with E-state index in [9.17, 15) is 13.2 Å². The van der Waals surface area contributed by atoms with E-state index in [0.29, 0.717) is 13.0 Å². The molecule has 0 aromatic heterocycles.